The maximum Gasteiger partial charge on any atom is 0.309 e. The van der Waals surface area contributed by atoms with Crippen LogP contribution in [0.3, 0.4) is 0 Å². The van der Waals surface area contributed by atoms with E-state index in [1.165, 1.54) is 0 Å². The summed E-state index contributed by atoms with van der Waals surface area (Å²) in [5.41, 5.74) is 1.05. The fraction of sp³-hybridized carbons (Fsp3) is 0.529. The lowest BCUT2D eigenvalue weighted by Gasteiger charge is -2.30. The molecule has 0 saturated carbocycles. The predicted octanol–water partition coefficient (Wildman–Crippen LogP) is 2.00. The van der Waals surface area contributed by atoms with Crippen LogP contribution in [0.2, 0.25) is 0 Å². The molecule has 0 aliphatic carbocycles. The first-order valence-electron chi connectivity index (χ1n) is 7.76. The third-order valence-electron chi connectivity index (χ3n) is 3.80. The molecule has 0 radical (unpaired) electrons. The third-order valence-corrected chi connectivity index (χ3v) is 3.80. The number of benzene rings is 1. The number of likely N-dealkylation sites (tertiary alicyclic amines) is 1. The highest BCUT2D eigenvalue weighted by Gasteiger charge is 2.27. The van der Waals surface area contributed by atoms with Crippen LogP contribution in [0.15, 0.2) is 30.3 Å². The number of ether oxygens (including phenoxy) is 2. The second-order valence-corrected chi connectivity index (χ2v) is 5.39. The number of hydrogen-bond acceptors (Lipinski definition) is 4. The van der Waals surface area contributed by atoms with E-state index in [9.17, 15) is 9.59 Å². The van der Waals surface area contributed by atoms with Crippen LogP contribution in [-0.4, -0.2) is 43.1 Å². The van der Waals surface area contributed by atoms with Crippen molar-refractivity contribution in [1.29, 1.82) is 0 Å². The van der Waals surface area contributed by atoms with Crippen LogP contribution in [0.5, 0.6) is 0 Å². The van der Waals surface area contributed by atoms with Gasteiger partial charge in [0.05, 0.1) is 19.1 Å². The Labute approximate surface area is 131 Å². The molecule has 1 fully saturated rings. The first-order chi connectivity index (χ1) is 10.7. The van der Waals surface area contributed by atoms with Crippen molar-refractivity contribution in [2.75, 3.05) is 26.3 Å². The highest BCUT2D eigenvalue weighted by molar-refractivity contribution is 5.78. The minimum absolute atomic E-state index is 0.0155. The van der Waals surface area contributed by atoms with Gasteiger partial charge in [0.1, 0.15) is 6.61 Å². The zero-order valence-corrected chi connectivity index (χ0v) is 13.0. The van der Waals surface area contributed by atoms with Crippen molar-refractivity contribution in [3.05, 3.63) is 35.9 Å². The fourth-order valence-corrected chi connectivity index (χ4v) is 2.55. The van der Waals surface area contributed by atoms with Gasteiger partial charge in [0.25, 0.3) is 0 Å². The minimum Gasteiger partial charge on any atom is -0.466 e. The van der Waals surface area contributed by atoms with Gasteiger partial charge in [0, 0.05) is 13.1 Å². The lowest BCUT2D eigenvalue weighted by molar-refractivity contribution is -0.151. The SMILES string of the molecule is CCOC(=O)C1CCN(C(=O)COCc2ccccc2)CC1. The number of esters is 1. The van der Waals surface area contributed by atoms with E-state index in [4.69, 9.17) is 9.47 Å². The maximum atomic E-state index is 12.1. The van der Waals surface area contributed by atoms with E-state index in [-0.39, 0.29) is 24.4 Å². The van der Waals surface area contributed by atoms with Gasteiger partial charge in [-0.25, -0.2) is 0 Å². The van der Waals surface area contributed by atoms with Crippen LogP contribution in [0, 0.1) is 5.92 Å². The topological polar surface area (TPSA) is 55.8 Å². The van der Waals surface area contributed by atoms with Gasteiger partial charge in [-0.1, -0.05) is 30.3 Å². The van der Waals surface area contributed by atoms with Crippen LogP contribution >= 0.6 is 0 Å². The van der Waals surface area contributed by atoms with E-state index in [2.05, 4.69) is 0 Å². The van der Waals surface area contributed by atoms with Crippen molar-refractivity contribution in [2.45, 2.75) is 26.4 Å². The molecular formula is C17H23NO4. The monoisotopic (exact) mass is 305 g/mol. The number of carbonyl (C=O) groups is 2. The van der Waals surface area contributed by atoms with Gasteiger partial charge in [0.15, 0.2) is 0 Å². The van der Waals surface area contributed by atoms with Gasteiger partial charge in [0.2, 0.25) is 5.91 Å². The Morgan fingerprint density at radius 1 is 1.18 bits per heavy atom. The lowest BCUT2D eigenvalue weighted by atomic mass is 9.97. The quantitative estimate of drug-likeness (QED) is 0.754. The normalized spacial score (nSPS) is 15.6. The number of nitrogens with zero attached hydrogens (tertiary/aromatic N) is 1. The highest BCUT2D eigenvalue weighted by atomic mass is 16.5. The Morgan fingerprint density at radius 3 is 2.50 bits per heavy atom. The molecule has 1 amide bonds. The molecule has 5 heteroatoms. The maximum absolute atomic E-state index is 12.1. The molecule has 1 heterocycles. The highest BCUT2D eigenvalue weighted by Crippen LogP contribution is 2.18. The summed E-state index contributed by atoms with van der Waals surface area (Å²) < 4.78 is 10.5. The van der Waals surface area contributed by atoms with Gasteiger partial charge >= 0.3 is 5.97 Å². The zero-order chi connectivity index (χ0) is 15.8. The van der Waals surface area contributed by atoms with Gasteiger partial charge in [-0.05, 0) is 25.3 Å². The molecule has 0 bridgehead atoms. The molecule has 2 rings (SSSR count). The van der Waals surface area contributed by atoms with Crippen LogP contribution < -0.4 is 0 Å². The van der Waals surface area contributed by atoms with Crippen molar-refractivity contribution in [2.24, 2.45) is 5.92 Å². The summed E-state index contributed by atoms with van der Waals surface area (Å²) in [6.07, 6.45) is 1.34. The number of carbonyl (C=O) groups excluding carboxylic acids is 2. The van der Waals surface area contributed by atoms with Crippen LogP contribution in [-0.2, 0) is 25.7 Å². The number of amides is 1. The van der Waals surface area contributed by atoms with E-state index >= 15 is 0 Å². The molecule has 0 N–H and O–H groups in total. The van der Waals surface area contributed by atoms with Crippen molar-refractivity contribution in [1.82, 2.24) is 4.90 Å². The standard InChI is InChI=1S/C17H23NO4/c1-2-22-17(20)15-8-10-18(11-9-15)16(19)13-21-12-14-6-4-3-5-7-14/h3-7,15H,2,8-13H2,1H3. The fourth-order valence-electron chi connectivity index (χ4n) is 2.55. The molecular weight excluding hydrogens is 282 g/mol. The molecule has 1 aromatic rings. The van der Waals surface area contributed by atoms with Gasteiger partial charge in [-0.2, -0.15) is 0 Å². The molecule has 1 aliphatic rings. The van der Waals surface area contributed by atoms with Gasteiger partial charge < -0.3 is 14.4 Å². The van der Waals surface area contributed by atoms with Crippen LogP contribution in [0.4, 0.5) is 0 Å². The van der Waals surface area contributed by atoms with Gasteiger partial charge in [-0.15, -0.1) is 0 Å². The summed E-state index contributed by atoms with van der Waals surface area (Å²) >= 11 is 0. The Morgan fingerprint density at radius 2 is 1.86 bits per heavy atom. The van der Waals surface area contributed by atoms with Crippen molar-refractivity contribution in [3.63, 3.8) is 0 Å². The molecule has 1 aliphatic heterocycles. The van der Waals surface area contributed by atoms with E-state index in [1.807, 2.05) is 30.3 Å². The Bertz CT molecular complexity index is 481. The van der Waals surface area contributed by atoms with E-state index < -0.39 is 0 Å². The largest absolute Gasteiger partial charge is 0.466 e. The first kappa shape index (κ1) is 16.5. The molecule has 0 spiro atoms. The summed E-state index contributed by atoms with van der Waals surface area (Å²) in [5.74, 6) is -0.234. The van der Waals surface area contributed by atoms with Crippen molar-refractivity contribution < 1.29 is 19.1 Å². The Kier molecular flexibility index (Phi) is 6.40. The second kappa shape index (κ2) is 8.54. The Balaban J connectivity index is 1.68. The van der Waals surface area contributed by atoms with Crippen molar-refractivity contribution in [3.8, 4) is 0 Å². The molecule has 1 saturated heterocycles. The second-order valence-electron chi connectivity index (χ2n) is 5.39. The Hall–Kier alpha value is -1.88. The molecule has 0 aromatic heterocycles. The average molecular weight is 305 g/mol. The van der Waals surface area contributed by atoms with E-state index in [0.29, 0.717) is 39.1 Å². The van der Waals surface area contributed by atoms with Gasteiger partial charge in [-0.3, -0.25) is 9.59 Å². The zero-order valence-electron chi connectivity index (χ0n) is 13.0. The summed E-state index contributed by atoms with van der Waals surface area (Å²) in [4.78, 5) is 25.5. The third kappa shape index (κ3) is 4.84. The molecule has 0 atom stereocenters. The predicted molar refractivity (Wildman–Crippen MR) is 82.0 cm³/mol. The summed E-state index contributed by atoms with van der Waals surface area (Å²) in [6.45, 7) is 3.92. The molecule has 1 aromatic carbocycles. The van der Waals surface area contributed by atoms with E-state index in [0.717, 1.165) is 5.56 Å². The average Bonchev–Trinajstić information content (AvgIpc) is 2.56. The summed E-state index contributed by atoms with van der Waals surface area (Å²) in [7, 11) is 0. The molecule has 120 valence electrons. The minimum atomic E-state index is -0.144. The number of rotatable bonds is 6. The lowest BCUT2D eigenvalue weighted by Crippen LogP contribution is -2.42. The smallest absolute Gasteiger partial charge is 0.309 e. The van der Waals surface area contributed by atoms with Crippen LogP contribution in [0.1, 0.15) is 25.3 Å². The molecule has 5 nitrogen and oxygen atoms in total. The number of hydrogen-bond donors (Lipinski definition) is 0. The summed E-state index contributed by atoms with van der Waals surface area (Å²) in [6, 6.07) is 9.77. The molecule has 0 unspecified atom stereocenters. The van der Waals surface area contributed by atoms with Crippen molar-refractivity contribution >= 4 is 11.9 Å². The summed E-state index contributed by atoms with van der Waals surface area (Å²) in [5, 5.41) is 0. The number of piperidine rings is 1. The van der Waals surface area contributed by atoms with Crippen LogP contribution in [0.25, 0.3) is 0 Å². The molecule has 22 heavy (non-hydrogen) atoms. The first-order valence-corrected chi connectivity index (χ1v) is 7.76. The van der Waals surface area contributed by atoms with E-state index in [1.54, 1.807) is 11.8 Å².